The normalized spacial score (nSPS) is 16.4. The molecule has 1 unspecified atom stereocenters. The minimum atomic E-state index is 0. The summed E-state index contributed by atoms with van der Waals surface area (Å²) >= 11 is 0. The molecule has 1 atom stereocenters. The first-order chi connectivity index (χ1) is 9.65. The van der Waals surface area contributed by atoms with Crippen molar-refractivity contribution in [3.63, 3.8) is 0 Å². The molecule has 1 aliphatic heterocycles. The van der Waals surface area contributed by atoms with E-state index in [1.165, 1.54) is 5.56 Å². The molecule has 1 aromatic rings. The standard InChI is InChI=1S/C16H25N3O.2ClH/c1-14(17)7-8-16(20)19-11-9-18(10-12-19)13-15-5-3-2-4-6-15;;/h2-6,14H,7-13,17H2,1H3;2*1H. The summed E-state index contributed by atoms with van der Waals surface area (Å²) in [6.07, 6.45) is 1.36. The number of halogens is 2. The molecule has 0 aromatic heterocycles. The van der Waals surface area contributed by atoms with Crippen LogP contribution in [0.2, 0.25) is 0 Å². The van der Waals surface area contributed by atoms with E-state index >= 15 is 0 Å². The Morgan fingerprint density at radius 1 is 1.14 bits per heavy atom. The lowest BCUT2D eigenvalue weighted by Gasteiger charge is -2.35. The molecule has 0 bridgehead atoms. The summed E-state index contributed by atoms with van der Waals surface area (Å²) in [7, 11) is 0. The summed E-state index contributed by atoms with van der Waals surface area (Å²) in [5.41, 5.74) is 7.04. The summed E-state index contributed by atoms with van der Waals surface area (Å²) < 4.78 is 0. The van der Waals surface area contributed by atoms with Gasteiger partial charge in [0.2, 0.25) is 5.91 Å². The highest BCUT2D eigenvalue weighted by Crippen LogP contribution is 2.10. The van der Waals surface area contributed by atoms with E-state index in [1.807, 2.05) is 17.9 Å². The molecule has 1 saturated heterocycles. The number of nitrogens with zero attached hydrogens (tertiary/aromatic N) is 2. The number of nitrogens with two attached hydrogens (primary N) is 1. The Hall–Kier alpha value is -0.810. The van der Waals surface area contributed by atoms with Gasteiger partial charge < -0.3 is 10.6 Å². The average molecular weight is 348 g/mol. The van der Waals surface area contributed by atoms with Crippen LogP contribution in [-0.4, -0.2) is 47.9 Å². The molecule has 4 nitrogen and oxygen atoms in total. The third-order valence-corrected chi connectivity index (χ3v) is 3.79. The molecule has 1 aliphatic rings. The fourth-order valence-corrected chi connectivity index (χ4v) is 2.51. The number of benzene rings is 1. The molecule has 6 heteroatoms. The molecule has 1 amide bonds. The fraction of sp³-hybridized carbons (Fsp3) is 0.562. The van der Waals surface area contributed by atoms with Crippen LogP contribution in [0.1, 0.15) is 25.3 Å². The third kappa shape index (κ3) is 6.97. The maximum absolute atomic E-state index is 12.0. The van der Waals surface area contributed by atoms with Crippen molar-refractivity contribution >= 4 is 30.7 Å². The van der Waals surface area contributed by atoms with Gasteiger partial charge in [-0.2, -0.15) is 0 Å². The average Bonchev–Trinajstić information content (AvgIpc) is 2.46. The number of hydrogen-bond donors (Lipinski definition) is 1. The lowest BCUT2D eigenvalue weighted by molar-refractivity contribution is -0.133. The highest BCUT2D eigenvalue weighted by atomic mass is 35.5. The first kappa shape index (κ1) is 21.2. The van der Waals surface area contributed by atoms with Crippen LogP contribution in [0.4, 0.5) is 0 Å². The second-order valence-corrected chi connectivity index (χ2v) is 5.66. The molecular weight excluding hydrogens is 321 g/mol. The molecule has 1 fully saturated rings. The van der Waals surface area contributed by atoms with Crippen LogP contribution in [-0.2, 0) is 11.3 Å². The van der Waals surface area contributed by atoms with Crippen LogP contribution >= 0.6 is 24.8 Å². The van der Waals surface area contributed by atoms with Gasteiger partial charge in [-0.25, -0.2) is 0 Å². The predicted octanol–water partition coefficient (Wildman–Crippen LogP) is 2.30. The second kappa shape index (κ2) is 10.8. The number of hydrogen-bond acceptors (Lipinski definition) is 3. The zero-order valence-corrected chi connectivity index (χ0v) is 14.7. The molecule has 1 aromatic carbocycles. The summed E-state index contributed by atoms with van der Waals surface area (Å²) in [6.45, 7) is 6.51. The molecule has 0 saturated carbocycles. The molecule has 126 valence electrons. The summed E-state index contributed by atoms with van der Waals surface area (Å²) in [5, 5.41) is 0. The van der Waals surface area contributed by atoms with Gasteiger partial charge in [0.1, 0.15) is 0 Å². The van der Waals surface area contributed by atoms with Gasteiger partial charge in [-0.05, 0) is 18.9 Å². The SMILES string of the molecule is CC(N)CCC(=O)N1CCN(Cc2ccccc2)CC1.Cl.Cl. The zero-order chi connectivity index (χ0) is 14.4. The Bertz CT molecular complexity index is 421. The number of amides is 1. The van der Waals surface area contributed by atoms with Crippen LogP contribution in [0.15, 0.2) is 30.3 Å². The molecular formula is C16H27Cl2N3O. The first-order valence-electron chi connectivity index (χ1n) is 7.45. The van der Waals surface area contributed by atoms with Gasteiger partial charge in [0.15, 0.2) is 0 Å². The van der Waals surface area contributed by atoms with Crippen molar-refractivity contribution in [2.24, 2.45) is 5.73 Å². The highest BCUT2D eigenvalue weighted by Gasteiger charge is 2.20. The summed E-state index contributed by atoms with van der Waals surface area (Å²) in [5.74, 6) is 0.252. The maximum atomic E-state index is 12.0. The largest absolute Gasteiger partial charge is 0.340 e. The monoisotopic (exact) mass is 347 g/mol. The van der Waals surface area contributed by atoms with Gasteiger partial charge in [0, 0.05) is 45.2 Å². The van der Waals surface area contributed by atoms with Crippen LogP contribution in [0.25, 0.3) is 0 Å². The Kier molecular flexibility index (Phi) is 10.4. The molecule has 0 aliphatic carbocycles. The van der Waals surface area contributed by atoms with Crippen LogP contribution in [0.3, 0.4) is 0 Å². The molecule has 22 heavy (non-hydrogen) atoms. The minimum absolute atomic E-state index is 0. The van der Waals surface area contributed by atoms with Crippen molar-refractivity contribution < 1.29 is 4.79 Å². The van der Waals surface area contributed by atoms with E-state index in [2.05, 4.69) is 29.2 Å². The molecule has 2 rings (SSSR count). The van der Waals surface area contributed by atoms with Crippen molar-refractivity contribution in [2.75, 3.05) is 26.2 Å². The van der Waals surface area contributed by atoms with Crippen LogP contribution < -0.4 is 5.73 Å². The topological polar surface area (TPSA) is 49.6 Å². The third-order valence-electron chi connectivity index (χ3n) is 3.79. The number of carbonyl (C=O) groups excluding carboxylic acids is 1. The Balaban J connectivity index is 0.00000220. The first-order valence-corrected chi connectivity index (χ1v) is 7.45. The van der Waals surface area contributed by atoms with Crippen molar-refractivity contribution in [2.45, 2.75) is 32.4 Å². The smallest absolute Gasteiger partial charge is 0.222 e. The van der Waals surface area contributed by atoms with Gasteiger partial charge in [-0.15, -0.1) is 24.8 Å². The van der Waals surface area contributed by atoms with Crippen molar-refractivity contribution in [3.05, 3.63) is 35.9 Å². The molecule has 0 radical (unpaired) electrons. The van der Waals surface area contributed by atoms with Gasteiger partial charge >= 0.3 is 0 Å². The molecule has 1 heterocycles. The predicted molar refractivity (Wildman–Crippen MR) is 95.7 cm³/mol. The van der Waals surface area contributed by atoms with E-state index < -0.39 is 0 Å². The Morgan fingerprint density at radius 3 is 2.27 bits per heavy atom. The van der Waals surface area contributed by atoms with Gasteiger partial charge in [-0.3, -0.25) is 9.69 Å². The molecule has 2 N–H and O–H groups in total. The van der Waals surface area contributed by atoms with Gasteiger partial charge in [0.05, 0.1) is 0 Å². The quantitative estimate of drug-likeness (QED) is 0.888. The van der Waals surface area contributed by atoms with Crippen molar-refractivity contribution in [1.29, 1.82) is 0 Å². The zero-order valence-electron chi connectivity index (χ0n) is 13.1. The number of piperazine rings is 1. The van der Waals surface area contributed by atoms with E-state index in [1.54, 1.807) is 0 Å². The number of carbonyl (C=O) groups is 1. The maximum Gasteiger partial charge on any atom is 0.222 e. The van der Waals surface area contributed by atoms with Crippen molar-refractivity contribution in [3.8, 4) is 0 Å². The second-order valence-electron chi connectivity index (χ2n) is 5.66. The Labute approximate surface area is 145 Å². The lowest BCUT2D eigenvalue weighted by atomic mass is 10.1. The number of rotatable bonds is 5. The van der Waals surface area contributed by atoms with E-state index in [4.69, 9.17) is 5.73 Å². The van der Waals surface area contributed by atoms with E-state index in [0.717, 1.165) is 39.1 Å². The van der Waals surface area contributed by atoms with E-state index in [-0.39, 0.29) is 36.8 Å². The van der Waals surface area contributed by atoms with Gasteiger partial charge in [0.25, 0.3) is 0 Å². The molecule has 0 spiro atoms. The minimum Gasteiger partial charge on any atom is -0.340 e. The summed E-state index contributed by atoms with van der Waals surface area (Å²) in [6, 6.07) is 10.6. The van der Waals surface area contributed by atoms with Crippen LogP contribution in [0.5, 0.6) is 0 Å². The lowest BCUT2D eigenvalue weighted by Crippen LogP contribution is -2.48. The Morgan fingerprint density at radius 2 is 1.73 bits per heavy atom. The highest BCUT2D eigenvalue weighted by molar-refractivity contribution is 5.85. The van der Waals surface area contributed by atoms with Crippen LogP contribution in [0, 0.1) is 0 Å². The fourth-order valence-electron chi connectivity index (χ4n) is 2.51. The summed E-state index contributed by atoms with van der Waals surface area (Å²) in [4.78, 5) is 16.4. The van der Waals surface area contributed by atoms with Gasteiger partial charge in [-0.1, -0.05) is 30.3 Å². The van der Waals surface area contributed by atoms with E-state index in [0.29, 0.717) is 6.42 Å². The van der Waals surface area contributed by atoms with Crippen molar-refractivity contribution in [1.82, 2.24) is 9.80 Å². The van der Waals surface area contributed by atoms with E-state index in [9.17, 15) is 4.79 Å².